The van der Waals surface area contributed by atoms with Gasteiger partial charge < -0.3 is 14.9 Å². The normalized spacial score (nSPS) is 11.9. The minimum atomic E-state index is -0.518. The van der Waals surface area contributed by atoms with Gasteiger partial charge in [-0.05, 0) is 47.5 Å². The fourth-order valence-corrected chi connectivity index (χ4v) is 4.66. The van der Waals surface area contributed by atoms with Crippen LogP contribution in [0, 0.1) is 17.9 Å². The molecule has 3 aromatic carbocycles. The summed E-state index contributed by atoms with van der Waals surface area (Å²) in [5.74, 6) is -0.615. The number of nitrogens with zero attached hydrogens (tertiary/aromatic N) is 5. The second-order valence-electron chi connectivity index (χ2n) is 8.97. The molecule has 0 radical (unpaired) electrons. The van der Waals surface area contributed by atoms with Crippen molar-refractivity contribution in [1.29, 1.82) is 0 Å². The van der Waals surface area contributed by atoms with Crippen LogP contribution in [0.3, 0.4) is 0 Å². The van der Waals surface area contributed by atoms with Crippen molar-refractivity contribution in [1.82, 2.24) is 15.1 Å². The average Bonchev–Trinajstić information content (AvgIpc) is 3.50. The Bertz CT molecular complexity index is 1620. The Morgan fingerprint density at radius 3 is 2.38 bits per heavy atom. The van der Waals surface area contributed by atoms with Crippen molar-refractivity contribution in [3.8, 4) is 40.1 Å². The molecule has 0 atom stereocenters. The molecule has 42 heavy (non-hydrogen) atoms. The summed E-state index contributed by atoms with van der Waals surface area (Å²) in [5.41, 5.74) is 3.77. The molecule has 2 N–H and O–H groups in total. The van der Waals surface area contributed by atoms with E-state index in [1.54, 1.807) is 43.4 Å². The standard InChI is InChI=1S/C28H24ClFN6O2.2C2H6/c1-34(2)9-10-36(17-37)26-4-3-18(11-24(26)29)21-14-20(30)15-22(28(21)38)19-12-25-23(16-32-33-25)27(13-19)35-7-5-31-6-8-35;2*1-2/h3-5,11-17,38H,6-8H2,1-2H3,(H,32,33);2*1-2H3. The van der Waals surface area contributed by atoms with Gasteiger partial charge in [-0.3, -0.25) is 14.9 Å². The summed E-state index contributed by atoms with van der Waals surface area (Å²) >= 11 is 6.49. The second kappa shape index (κ2) is 14.9. The largest absolute Gasteiger partial charge is 0.507 e. The van der Waals surface area contributed by atoms with E-state index in [9.17, 15) is 14.3 Å². The number of nitrogens with one attached hydrogen (secondary N) is 1. The first kappa shape index (κ1) is 32.0. The second-order valence-corrected chi connectivity index (χ2v) is 9.38. The van der Waals surface area contributed by atoms with Gasteiger partial charge in [0.05, 0.1) is 35.5 Å². The van der Waals surface area contributed by atoms with E-state index < -0.39 is 5.82 Å². The molecule has 1 amide bonds. The lowest BCUT2D eigenvalue weighted by atomic mass is 9.95. The lowest BCUT2D eigenvalue weighted by Gasteiger charge is -2.26. The molecule has 1 aliphatic rings. The third-order valence-corrected chi connectivity index (χ3v) is 6.51. The Kier molecular flexibility index (Phi) is 11.3. The van der Waals surface area contributed by atoms with Crippen molar-refractivity contribution < 1.29 is 14.3 Å². The van der Waals surface area contributed by atoms with Gasteiger partial charge >= 0.3 is 0 Å². The van der Waals surface area contributed by atoms with Gasteiger partial charge in [0.25, 0.3) is 0 Å². The van der Waals surface area contributed by atoms with Gasteiger partial charge in [0, 0.05) is 61.1 Å². The number of hydrogen-bond acceptors (Lipinski definition) is 6. The van der Waals surface area contributed by atoms with Gasteiger partial charge in [-0.25, -0.2) is 9.29 Å². The molecule has 1 aromatic heterocycles. The molecule has 1 aliphatic heterocycles. The molecule has 0 saturated heterocycles. The number of carbonyl (C=O) groups excluding carboxylic acids is 1. The number of aromatic nitrogens is 2. The molecule has 4 aromatic rings. The summed E-state index contributed by atoms with van der Waals surface area (Å²) in [6.45, 7) is 10.1. The van der Waals surface area contributed by atoms with Crippen molar-refractivity contribution >= 4 is 46.5 Å². The smallest absolute Gasteiger partial charge is 0.226 e. The van der Waals surface area contributed by atoms with Gasteiger partial charge in [0.2, 0.25) is 6.41 Å². The first-order chi connectivity index (χ1) is 20.4. The van der Waals surface area contributed by atoms with E-state index in [-0.39, 0.29) is 16.3 Å². The molecule has 220 valence electrons. The number of fused-ring (bicyclic) bond motifs is 1. The zero-order valence-electron chi connectivity index (χ0n) is 24.7. The Labute approximate surface area is 251 Å². The van der Waals surface area contributed by atoms with Gasteiger partial charge in [-0.15, -0.1) is 0 Å². The van der Waals surface area contributed by atoms with Crippen LogP contribution in [0.4, 0.5) is 15.8 Å². The molecule has 8 nitrogen and oxygen atoms in total. The molecular weight excluding hydrogens is 555 g/mol. The van der Waals surface area contributed by atoms with Crippen molar-refractivity contribution in [3.05, 3.63) is 59.5 Å². The lowest BCUT2D eigenvalue weighted by molar-refractivity contribution is -0.106. The first-order valence-corrected chi connectivity index (χ1v) is 14.2. The van der Waals surface area contributed by atoms with Crippen molar-refractivity contribution in [3.63, 3.8) is 0 Å². The Balaban J connectivity index is 0.00000116. The number of benzene rings is 3. The van der Waals surface area contributed by atoms with Crippen LogP contribution in [0.25, 0.3) is 33.2 Å². The number of aliphatic imine (C=N–C) groups is 1. The van der Waals surface area contributed by atoms with E-state index in [1.807, 2.05) is 46.0 Å². The van der Waals surface area contributed by atoms with Gasteiger partial charge in [-0.1, -0.05) is 45.4 Å². The summed E-state index contributed by atoms with van der Waals surface area (Å²) < 4.78 is 15.0. The number of aromatic hydroxyl groups is 1. The molecule has 0 bridgehead atoms. The fourth-order valence-electron chi connectivity index (χ4n) is 4.39. The maximum absolute atomic E-state index is 15.0. The highest BCUT2D eigenvalue weighted by atomic mass is 35.5. The van der Waals surface area contributed by atoms with Crippen LogP contribution < -0.4 is 9.80 Å². The predicted molar refractivity (Wildman–Crippen MR) is 172 cm³/mol. The number of anilines is 2. The molecule has 0 saturated carbocycles. The van der Waals surface area contributed by atoms with Gasteiger partial charge in [0.15, 0.2) is 0 Å². The Hall–Kier alpha value is -4.55. The van der Waals surface area contributed by atoms with Crippen LogP contribution in [0.2, 0.25) is 5.02 Å². The van der Waals surface area contributed by atoms with Crippen LogP contribution in [0.5, 0.6) is 5.75 Å². The highest BCUT2D eigenvalue weighted by Gasteiger charge is 2.20. The number of phenols is 1. The fraction of sp³-hybridized carbons (Fsp3) is 0.281. The van der Waals surface area contributed by atoms with Crippen LogP contribution in [0.15, 0.2) is 53.7 Å². The van der Waals surface area contributed by atoms with E-state index in [4.69, 9.17) is 11.6 Å². The highest BCUT2D eigenvalue weighted by molar-refractivity contribution is 6.34. The predicted octanol–water partition coefficient (Wildman–Crippen LogP) is 6.78. The monoisotopic (exact) mass is 590 g/mol. The number of carbonyl (C=O) groups is 1. The topological polar surface area (TPSA) is 88.1 Å². The summed E-state index contributed by atoms with van der Waals surface area (Å²) in [4.78, 5) is 20.8. The number of amides is 1. The van der Waals surface area contributed by atoms with Crippen LogP contribution in [0.1, 0.15) is 27.7 Å². The van der Waals surface area contributed by atoms with Crippen LogP contribution in [-0.4, -0.2) is 66.6 Å². The maximum Gasteiger partial charge on any atom is 0.226 e. The quantitative estimate of drug-likeness (QED) is 0.152. The maximum atomic E-state index is 15.0. The molecule has 0 fully saturated rings. The minimum Gasteiger partial charge on any atom is -0.507 e. The molecule has 10 heteroatoms. The zero-order chi connectivity index (χ0) is 30.8. The van der Waals surface area contributed by atoms with Crippen molar-refractivity contribution in [2.24, 2.45) is 4.99 Å². The molecule has 5 rings (SSSR count). The number of phenolic OH excluding ortho intramolecular Hbond substituents is 1. The molecule has 0 aliphatic carbocycles. The van der Waals surface area contributed by atoms with Crippen LogP contribution in [-0.2, 0) is 4.79 Å². The molecule has 0 spiro atoms. The third kappa shape index (κ3) is 7.01. The van der Waals surface area contributed by atoms with Crippen molar-refractivity contribution in [2.45, 2.75) is 27.7 Å². The number of hydrogen-bond donors (Lipinski definition) is 2. The summed E-state index contributed by atoms with van der Waals surface area (Å²) in [5, 5.41) is 19.7. The number of H-pyrrole nitrogens is 1. The number of aromatic amines is 1. The van der Waals surface area contributed by atoms with Crippen LogP contribution >= 0.6 is 11.6 Å². The SMILES string of the molecule is CC.CC.CN(C)C#CN(C=O)c1ccc(-c2cc(F)cc(-c3cc(N4CC=NCC4)c4cn[nH]c4c3)c2O)cc1Cl. The van der Waals surface area contributed by atoms with E-state index in [2.05, 4.69) is 32.2 Å². The summed E-state index contributed by atoms with van der Waals surface area (Å²) in [6.07, 6.45) is 4.18. The number of rotatable bonds is 5. The van der Waals surface area contributed by atoms with E-state index in [1.165, 1.54) is 12.1 Å². The molecular formula is C32H36ClFN6O2. The highest BCUT2D eigenvalue weighted by Crippen LogP contribution is 2.43. The average molecular weight is 591 g/mol. The first-order valence-electron chi connectivity index (χ1n) is 13.8. The third-order valence-electron chi connectivity index (χ3n) is 6.21. The van der Waals surface area contributed by atoms with E-state index in [0.717, 1.165) is 28.0 Å². The van der Waals surface area contributed by atoms with E-state index in [0.29, 0.717) is 41.9 Å². The van der Waals surface area contributed by atoms with E-state index >= 15 is 0 Å². The summed E-state index contributed by atoms with van der Waals surface area (Å²) in [7, 11) is 3.50. The Morgan fingerprint density at radius 2 is 1.76 bits per heavy atom. The number of halogens is 2. The van der Waals surface area contributed by atoms with Gasteiger partial charge in [0.1, 0.15) is 11.6 Å². The molecule has 2 heterocycles. The lowest BCUT2D eigenvalue weighted by Crippen LogP contribution is -2.31. The minimum absolute atomic E-state index is 0.0973. The Morgan fingerprint density at radius 1 is 1.05 bits per heavy atom. The zero-order valence-corrected chi connectivity index (χ0v) is 25.5. The van der Waals surface area contributed by atoms with Gasteiger partial charge in [-0.2, -0.15) is 5.10 Å². The molecule has 0 unspecified atom stereocenters. The summed E-state index contributed by atoms with van der Waals surface area (Å²) in [6, 6.07) is 16.6. The van der Waals surface area contributed by atoms with Crippen molar-refractivity contribution in [2.75, 3.05) is 43.5 Å².